The van der Waals surface area contributed by atoms with Crippen LogP contribution in [0.4, 0.5) is 33.0 Å². The zero-order valence-corrected chi connectivity index (χ0v) is 31.0. The van der Waals surface area contributed by atoms with Crippen molar-refractivity contribution in [1.82, 2.24) is 9.78 Å². The number of nitrogens with zero attached hydrogens (tertiary/aromatic N) is 6. The summed E-state index contributed by atoms with van der Waals surface area (Å²) in [5, 5.41) is 28.4. The van der Waals surface area contributed by atoms with Crippen LogP contribution in [0, 0.1) is 17.1 Å². The van der Waals surface area contributed by atoms with Crippen molar-refractivity contribution in [3.8, 4) is 11.8 Å². The lowest BCUT2D eigenvalue weighted by Gasteiger charge is -2.24. The van der Waals surface area contributed by atoms with Crippen LogP contribution in [0.5, 0.6) is 0 Å². The molecule has 0 fully saturated rings. The van der Waals surface area contributed by atoms with Gasteiger partial charge in [0.25, 0.3) is 26.1 Å². The predicted octanol–water partition coefficient (Wildman–Crippen LogP) is 6.16. The molecule has 280 valence electrons. The van der Waals surface area contributed by atoms with Crippen molar-refractivity contribution in [1.29, 1.82) is 5.26 Å². The summed E-state index contributed by atoms with van der Waals surface area (Å²) in [6.45, 7) is 9.27. The van der Waals surface area contributed by atoms with Crippen molar-refractivity contribution in [3.05, 3.63) is 83.3 Å². The van der Waals surface area contributed by atoms with Crippen LogP contribution in [0.3, 0.4) is 0 Å². The highest BCUT2D eigenvalue weighted by Gasteiger charge is 2.29. The molecule has 53 heavy (non-hydrogen) atoms. The van der Waals surface area contributed by atoms with Gasteiger partial charge >= 0.3 is 0 Å². The van der Waals surface area contributed by atoms with Gasteiger partial charge in [-0.25, -0.2) is 9.07 Å². The van der Waals surface area contributed by atoms with Crippen LogP contribution in [0.2, 0.25) is 0 Å². The molecule has 2 amide bonds. The fraction of sp³-hybridized carbons (Fsp3) is 0.294. The van der Waals surface area contributed by atoms with E-state index in [1.807, 2.05) is 11.8 Å². The molecule has 0 atom stereocenters. The minimum Gasteiger partial charge on any atom is -0.372 e. The Kier molecular flexibility index (Phi) is 12.1. The fourth-order valence-corrected chi connectivity index (χ4v) is 6.42. The van der Waals surface area contributed by atoms with E-state index in [9.17, 15) is 36.2 Å². The Morgan fingerprint density at radius 1 is 1.02 bits per heavy atom. The van der Waals surface area contributed by atoms with E-state index >= 15 is 4.39 Å². The largest absolute Gasteiger partial charge is 0.372 e. The Balaban J connectivity index is 1.75. The summed E-state index contributed by atoms with van der Waals surface area (Å²) in [5.74, 6) is -2.84. The molecule has 0 radical (unpaired) electrons. The van der Waals surface area contributed by atoms with Gasteiger partial charge in [0.2, 0.25) is 5.91 Å². The number of nitrogens with one attached hydrogen (secondary N) is 2. The molecule has 4 aromatic rings. The third-order valence-electron chi connectivity index (χ3n) is 7.65. The summed E-state index contributed by atoms with van der Waals surface area (Å²) in [6.07, 6.45) is 0.145. The highest BCUT2D eigenvalue weighted by molar-refractivity contribution is 7.86. The molecule has 0 saturated carbocycles. The summed E-state index contributed by atoms with van der Waals surface area (Å²) < 4.78 is 81.5. The number of carbonyl (C=O) groups is 2. The fourth-order valence-electron chi connectivity index (χ4n) is 5.24. The number of hydrogen-bond donors (Lipinski definition) is 4. The van der Waals surface area contributed by atoms with E-state index in [0.717, 1.165) is 16.8 Å². The van der Waals surface area contributed by atoms with Gasteiger partial charge in [-0.2, -0.15) is 27.2 Å². The topological polar surface area (TPSA) is 237 Å². The quantitative estimate of drug-likeness (QED) is 0.0888. The van der Waals surface area contributed by atoms with Crippen LogP contribution in [0.1, 0.15) is 62.7 Å². The number of azo groups is 1. The summed E-state index contributed by atoms with van der Waals surface area (Å²) >= 11 is 0. The van der Waals surface area contributed by atoms with E-state index in [1.165, 1.54) is 37.3 Å². The number of anilines is 3. The van der Waals surface area contributed by atoms with Gasteiger partial charge in [0.1, 0.15) is 27.9 Å². The molecule has 19 heteroatoms. The van der Waals surface area contributed by atoms with Gasteiger partial charge in [-0.15, -0.1) is 10.2 Å². The Morgan fingerprint density at radius 2 is 1.72 bits per heavy atom. The van der Waals surface area contributed by atoms with Crippen LogP contribution >= 0.6 is 0 Å². The zero-order chi connectivity index (χ0) is 39.3. The van der Waals surface area contributed by atoms with E-state index < -0.39 is 53.9 Å². The first-order valence-corrected chi connectivity index (χ1v) is 19.0. The Bertz CT molecular complexity index is 2350. The van der Waals surface area contributed by atoms with Crippen LogP contribution in [-0.2, 0) is 30.4 Å². The third kappa shape index (κ3) is 10.1. The monoisotopic (exact) mass is 768 g/mol. The van der Waals surface area contributed by atoms with Crippen LogP contribution in [-0.4, -0.2) is 66.4 Å². The molecule has 1 heterocycles. The normalized spacial score (nSPS) is 12.1. The summed E-state index contributed by atoms with van der Waals surface area (Å²) in [6, 6.07) is 15.4. The van der Waals surface area contributed by atoms with E-state index in [1.54, 1.807) is 39.0 Å². The molecular formula is C34H37FN8O8S2. The lowest BCUT2D eigenvalue weighted by Crippen LogP contribution is -2.25. The maximum atomic E-state index is 15.9. The lowest BCUT2D eigenvalue weighted by molar-refractivity contribution is -0.114. The van der Waals surface area contributed by atoms with Gasteiger partial charge in [0.05, 0.1) is 22.7 Å². The second-order valence-corrected chi connectivity index (χ2v) is 15.7. The Labute approximate surface area is 305 Å². The number of carbonyl (C=O) groups excluding carboxylic acids is 2. The molecule has 0 aliphatic carbocycles. The first-order chi connectivity index (χ1) is 24.7. The molecule has 4 rings (SSSR count). The van der Waals surface area contributed by atoms with Crippen molar-refractivity contribution >= 4 is 60.6 Å². The number of halogens is 1. The van der Waals surface area contributed by atoms with Crippen LogP contribution < -0.4 is 15.5 Å². The van der Waals surface area contributed by atoms with Crippen molar-refractivity contribution in [2.45, 2.75) is 51.3 Å². The molecule has 0 bridgehead atoms. The van der Waals surface area contributed by atoms with Gasteiger partial charge in [0.15, 0.2) is 11.6 Å². The standard InChI is InChI=1S/C34H37FN8O8S2/c1-6-42(16-9-17-52(46,47)48)23-13-14-27(28(19-23)37-21(2)44)39-40-32-25(20-36)31(34(3,4)5)41-43(32)29-15-12-22(18-26(29)35)38-33(45)24-10-7-8-11-30(24)53(49,50)51/h7-8,10-15,18-19H,6,9,16-17H2,1-5H3,(H,37,44)(H,38,45)(H,46,47,48)(H,49,50,51)/b40-39+. The van der Waals surface area contributed by atoms with Gasteiger partial charge in [0, 0.05) is 36.8 Å². The predicted molar refractivity (Wildman–Crippen MR) is 195 cm³/mol. The smallest absolute Gasteiger partial charge is 0.295 e. The summed E-state index contributed by atoms with van der Waals surface area (Å²) in [4.78, 5) is 26.3. The van der Waals surface area contributed by atoms with Gasteiger partial charge < -0.3 is 15.5 Å². The second kappa shape index (κ2) is 16.0. The molecule has 0 aliphatic heterocycles. The highest BCUT2D eigenvalue weighted by Crippen LogP contribution is 2.37. The van der Waals surface area contributed by atoms with E-state index in [2.05, 4.69) is 32.0 Å². The Morgan fingerprint density at radius 3 is 2.30 bits per heavy atom. The van der Waals surface area contributed by atoms with Crippen molar-refractivity contribution in [2.24, 2.45) is 10.2 Å². The van der Waals surface area contributed by atoms with Crippen LogP contribution in [0.15, 0.2) is 75.8 Å². The number of rotatable bonds is 13. The SMILES string of the molecule is CCN(CCCS(=O)(=O)O)c1ccc(/N=N/c2c(C#N)c(C(C)(C)C)nn2-c2ccc(NC(=O)c3ccccc3S(=O)(=O)O)cc2F)c(NC(C)=O)c1. The third-order valence-corrected chi connectivity index (χ3v) is 9.36. The lowest BCUT2D eigenvalue weighted by atomic mass is 9.90. The number of benzene rings is 3. The molecule has 0 aliphatic rings. The summed E-state index contributed by atoms with van der Waals surface area (Å²) in [7, 11) is -8.88. The second-order valence-electron chi connectivity index (χ2n) is 12.7. The number of aromatic nitrogens is 2. The van der Waals surface area contributed by atoms with Gasteiger partial charge in [-0.3, -0.25) is 18.7 Å². The van der Waals surface area contributed by atoms with E-state index in [-0.39, 0.29) is 58.4 Å². The van der Waals surface area contributed by atoms with Gasteiger partial charge in [-0.05, 0) is 61.9 Å². The van der Waals surface area contributed by atoms with E-state index in [0.29, 0.717) is 12.2 Å². The zero-order valence-electron chi connectivity index (χ0n) is 29.3. The maximum Gasteiger partial charge on any atom is 0.295 e. The van der Waals surface area contributed by atoms with Gasteiger partial charge in [-0.1, -0.05) is 32.9 Å². The maximum absolute atomic E-state index is 15.9. The molecule has 0 unspecified atom stereocenters. The molecule has 16 nitrogen and oxygen atoms in total. The molecule has 0 spiro atoms. The van der Waals surface area contributed by atoms with Crippen molar-refractivity contribution in [3.63, 3.8) is 0 Å². The average molecular weight is 769 g/mol. The van der Waals surface area contributed by atoms with Crippen molar-refractivity contribution < 1.29 is 39.9 Å². The Hall–Kier alpha value is -5.55. The number of hydrogen-bond acceptors (Lipinski definition) is 11. The molecule has 0 saturated heterocycles. The minimum absolute atomic E-state index is 0.00598. The molecule has 3 aromatic carbocycles. The number of nitriles is 1. The molecule has 1 aromatic heterocycles. The minimum atomic E-state index is -4.73. The first-order valence-electron chi connectivity index (χ1n) is 16.0. The molecule has 4 N–H and O–H groups in total. The van der Waals surface area contributed by atoms with Crippen molar-refractivity contribution in [2.75, 3.05) is 34.4 Å². The first kappa shape index (κ1) is 40.2. The number of amides is 2. The summed E-state index contributed by atoms with van der Waals surface area (Å²) in [5.41, 5.74) is -0.0523. The van der Waals surface area contributed by atoms with E-state index in [4.69, 9.17) is 4.55 Å². The average Bonchev–Trinajstić information content (AvgIpc) is 3.44. The van der Waals surface area contributed by atoms with Crippen LogP contribution in [0.25, 0.3) is 5.69 Å². The highest BCUT2D eigenvalue weighted by atomic mass is 32.2. The molecular weight excluding hydrogens is 732 g/mol.